The second kappa shape index (κ2) is 5.19. The molecule has 122 valence electrons. The van der Waals surface area contributed by atoms with Gasteiger partial charge in [0.2, 0.25) is 0 Å². The maximum absolute atomic E-state index is 12.5. The Balaban J connectivity index is 1.73. The van der Waals surface area contributed by atoms with Crippen LogP contribution in [0.3, 0.4) is 0 Å². The molecular weight excluding hydrogens is 288 g/mol. The molecule has 0 saturated heterocycles. The van der Waals surface area contributed by atoms with Gasteiger partial charge < -0.3 is 9.53 Å². The quantitative estimate of drug-likeness (QED) is 0.784. The molecule has 5 atom stereocenters. The van der Waals surface area contributed by atoms with Gasteiger partial charge in [-0.2, -0.15) is 0 Å². The summed E-state index contributed by atoms with van der Waals surface area (Å²) in [5, 5.41) is 0. The Bertz CT molecular complexity index is 665. The van der Waals surface area contributed by atoms with Gasteiger partial charge in [0.15, 0.2) is 0 Å². The molecule has 23 heavy (non-hydrogen) atoms. The Kier molecular flexibility index (Phi) is 3.36. The van der Waals surface area contributed by atoms with Crippen LogP contribution >= 0.6 is 0 Å². The van der Waals surface area contributed by atoms with Crippen LogP contribution in [0.25, 0.3) is 0 Å². The van der Waals surface area contributed by atoms with E-state index in [2.05, 4.69) is 19.1 Å². The number of aryl methyl sites for hydroxylation is 1. The van der Waals surface area contributed by atoms with E-state index in [1.807, 2.05) is 6.07 Å². The van der Waals surface area contributed by atoms with E-state index >= 15 is 0 Å². The van der Waals surface area contributed by atoms with Crippen molar-refractivity contribution in [3.05, 3.63) is 29.3 Å². The molecule has 0 amide bonds. The molecular formula is C20H24O3. The first kappa shape index (κ1) is 14.9. The average Bonchev–Trinajstić information content (AvgIpc) is 2.85. The molecule has 0 heterocycles. The third-order valence-corrected chi connectivity index (χ3v) is 6.88. The second-order valence-corrected chi connectivity index (χ2v) is 7.78. The molecule has 0 spiro atoms. The lowest BCUT2D eigenvalue weighted by Gasteiger charge is -2.49. The van der Waals surface area contributed by atoms with E-state index in [4.69, 9.17) is 4.74 Å². The smallest absolute Gasteiger partial charge is 0.139 e. The Morgan fingerprint density at radius 2 is 2.13 bits per heavy atom. The Morgan fingerprint density at radius 3 is 2.87 bits per heavy atom. The summed E-state index contributed by atoms with van der Waals surface area (Å²) in [5.41, 5.74) is 2.55. The number of benzene rings is 1. The molecule has 3 aliphatic rings. The van der Waals surface area contributed by atoms with Gasteiger partial charge in [0.05, 0.1) is 7.11 Å². The van der Waals surface area contributed by atoms with Crippen molar-refractivity contribution in [2.24, 2.45) is 23.2 Å². The van der Waals surface area contributed by atoms with Gasteiger partial charge in [-0.05, 0) is 66.7 Å². The van der Waals surface area contributed by atoms with Crippen molar-refractivity contribution in [1.29, 1.82) is 0 Å². The van der Waals surface area contributed by atoms with Gasteiger partial charge in [-0.3, -0.25) is 4.79 Å². The molecule has 0 N–H and O–H groups in total. The maximum Gasteiger partial charge on any atom is 0.139 e. The van der Waals surface area contributed by atoms with E-state index in [0.29, 0.717) is 24.0 Å². The summed E-state index contributed by atoms with van der Waals surface area (Å²) < 4.78 is 5.36. The van der Waals surface area contributed by atoms with Crippen LogP contribution in [0.5, 0.6) is 5.75 Å². The van der Waals surface area contributed by atoms with E-state index in [1.165, 1.54) is 11.1 Å². The lowest BCUT2D eigenvalue weighted by molar-refractivity contribution is -0.129. The fourth-order valence-corrected chi connectivity index (χ4v) is 5.76. The molecule has 3 nitrogen and oxygen atoms in total. The lowest BCUT2D eigenvalue weighted by atomic mass is 9.54. The minimum atomic E-state index is -0.267. The van der Waals surface area contributed by atoms with E-state index in [1.54, 1.807) is 7.11 Å². The van der Waals surface area contributed by atoms with Gasteiger partial charge in [0, 0.05) is 17.8 Å². The third-order valence-electron chi connectivity index (χ3n) is 6.88. The summed E-state index contributed by atoms with van der Waals surface area (Å²) in [6.45, 7) is 2.11. The molecule has 0 bridgehead atoms. The zero-order valence-electron chi connectivity index (χ0n) is 13.9. The second-order valence-electron chi connectivity index (χ2n) is 7.78. The van der Waals surface area contributed by atoms with Crippen LogP contribution in [-0.2, 0) is 16.0 Å². The van der Waals surface area contributed by atoms with Gasteiger partial charge in [-0.1, -0.05) is 13.0 Å². The van der Waals surface area contributed by atoms with E-state index < -0.39 is 0 Å². The van der Waals surface area contributed by atoms with Crippen molar-refractivity contribution in [1.82, 2.24) is 0 Å². The number of methoxy groups -OCH3 is 1. The fraction of sp³-hybridized carbons (Fsp3) is 0.600. The van der Waals surface area contributed by atoms with Gasteiger partial charge in [0.1, 0.15) is 17.8 Å². The van der Waals surface area contributed by atoms with Crippen LogP contribution in [-0.4, -0.2) is 19.2 Å². The Morgan fingerprint density at radius 1 is 1.30 bits per heavy atom. The van der Waals surface area contributed by atoms with Crippen molar-refractivity contribution >= 4 is 12.1 Å². The van der Waals surface area contributed by atoms with Crippen LogP contribution in [0.15, 0.2) is 18.2 Å². The van der Waals surface area contributed by atoms with Crippen LogP contribution in [0.2, 0.25) is 0 Å². The number of fused-ring (bicyclic) bond motifs is 5. The lowest BCUT2D eigenvalue weighted by Crippen LogP contribution is -2.44. The highest BCUT2D eigenvalue weighted by Gasteiger charge is 2.58. The van der Waals surface area contributed by atoms with Crippen molar-refractivity contribution in [3.63, 3.8) is 0 Å². The number of ether oxygens (including phenoxy) is 1. The molecule has 0 aromatic heterocycles. The molecule has 4 rings (SSSR count). The highest BCUT2D eigenvalue weighted by atomic mass is 16.5. The first-order valence-corrected chi connectivity index (χ1v) is 8.74. The minimum Gasteiger partial charge on any atom is -0.497 e. The SMILES string of the molecule is COc1ccc2c(c1)CC[C@H]1[C@@H]3[C@@H](C=O)CC(=O)[C@@]3(C)CC[C@H]21. The number of hydrogen-bond acceptors (Lipinski definition) is 3. The molecule has 1 aromatic rings. The van der Waals surface area contributed by atoms with Gasteiger partial charge in [-0.15, -0.1) is 0 Å². The molecule has 0 unspecified atom stereocenters. The summed E-state index contributed by atoms with van der Waals surface area (Å²) in [7, 11) is 1.71. The van der Waals surface area contributed by atoms with Crippen molar-refractivity contribution < 1.29 is 14.3 Å². The number of hydrogen-bond donors (Lipinski definition) is 0. The molecule has 1 aromatic carbocycles. The van der Waals surface area contributed by atoms with Crippen molar-refractivity contribution in [2.75, 3.05) is 7.11 Å². The average molecular weight is 312 g/mol. The largest absolute Gasteiger partial charge is 0.497 e. The maximum atomic E-state index is 12.5. The summed E-state index contributed by atoms with van der Waals surface area (Å²) in [5.74, 6) is 2.37. The Labute approximate surface area is 137 Å². The number of carbonyl (C=O) groups is 2. The summed E-state index contributed by atoms with van der Waals surface area (Å²) in [6, 6.07) is 6.42. The summed E-state index contributed by atoms with van der Waals surface area (Å²) in [4.78, 5) is 24.1. The van der Waals surface area contributed by atoms with Crippen LogP contribution in [0, 0.1) is 23.2 Å². The zero-order chi connectivity index (χ0) is 16.2. The molecule has 3 aliphatic carbocycles. The van der Waals surface area contributed by atoms with E-state index in [9.17, 15) is 9.59 Å². The Hall–Kier alpha value is -1.64. The van der Waals surface area contributed by atoms with Gasteiger partial charge >= 0.3 is 0 Å². The monoisotopic (exact) mass is 312 g/mol. The fourth-order valence-electron chi connectivity index (χ4n) is 5.76. The van der Waals surface area contributed by atoms with Crippen LogP contribution in [0.1, 0.15) is 49.7 Å². The number of rotatable bonds is 2. The minimum absolute atomic E-state index is 0.0694. The number of carbonyl (C=O) groups excluding carboxylic acids is 2. The summed E-state index contributed by atoms with van der Waals surface area (Å²) in [6.07, 6.45) is 5.62. The first-order chi connectivity index (χ1) is 11.1. The number of aldehydes is 1. The normalized spacial score (nSPS) is 38.4. The first-order valence-electron chi connectivity index (χ1n) is 8.74. The molecule has 2 saturated carbocycles. The highest BCUT2D eigenvalue weighted by molar-refractivity contribution is 5.90. The molecule has 0 radical (unpaired) electrons. The number of ketones is 1. The zero-order valence-corrected chi connectivity index (χ0v) is 13.9. The van der Waals surface area contributed by atoms with Gasteiger partial charge in [-0.25, -0.2) is 0 Å². The van der Waals surface area contributed by atoms with Crippen LogP contribution < -0.4 is 4.74 Å². The van der Waals surface area contributed by atoms with E-state index in [0.717, 1.165) is 37.7 Å². The van der Waals surface area contributed by atoms with Crippen LogP contribution in [0.4, 0.5) is 0 Å². The topological polar surface area (TPSA) is 43.4 Å². The summed E-state index contributed by atoms with van der Waals surface area (Å²) >= 11 is 0. The number of Topliss-reactive ketones (excluding diaryl/α,β-unsaturated/α-hetero) is 1. The highest BCUT2D eigenvalue weighted by Crippen LogP contribution is 2.61. The predicted octanol–water partition coefficient (Wildman–Crippen LogP) is 3.55. The van der Waals surface area contributed by atoms with Crippen molar-refractivity contribution in [2.45, 2.75) is 44.9 Å². The molecule has 2 fully saturated rings. The standard InChI is InChI=1S/C20H24O3/c1-20-8-7-16-15-6-4-14(23-2)9-12(15)3-5-17(16)19(20)13(11-21)10-18(20)22/h4,6,9,11,13,16-17,19H,3,5,7-8,10H2,1-2H3/t13-,16-,17-,19+,20-/m1/s1. The molecule has 3 heteroatoms. The van der Waals surface area contributed by atoms with E-state index in [-0.39, 0.29) is 17.3 Å². The molecule has 0 aliphatic heterocycles. The predicted molar refractivity (Wildman–Crippen MR) is 87.6 cm³/mol. The van der Waals surface area contributed by atoms with Gasteiger partial charge in [0.25, 0.3) is 0 Å². The third kappa shape index (κ3) is 2.02. The van der Waals surface area contributed by atoms with Crippen molar-refractivity contribution in [3.8, 4) is 5.75 Å².